The molecule has 0 radical (unpaired) electrons. The van der Waals surface area contributed by atoms with Crippen LogP contribution in [0.3, 0.4) is 0 Å². The van der Waals surface area contributed by atoms with E-state index in [0.29, 0.717) is 18.9 Å². The number of hydrogen-bond donors (Lipinski definition) is 0. The summed E-state index contributed by atoms with van der Waals surface area (Å²) in [7, 11) is 0. The van der Waals surface area contributed by atoms with E-state index < -0.39 is 0 Å². The van der Waals surface area contributed by atoms with Crippen molar-refractivity contribution in [3.05, 3.63) is 11.3 Å². The summed E-state index contributed by atoms with van der Waals surface area (Å²) in [6.45, 7) is 6.66. The summed E-state index contributed by atoms with van der Waals surface area (Å²) in [6.07, 6.45) is 1.30. The van der Waals surface area contributed by atoms with Crippen LogP contribution in [0.25, 0.3) is 0 Å². The predicted octanol–water partition coefficient (Wildman–Crippen LogP) is 2.27. The standard InChI is InChI=1S/C12H18O3/c1-4-14-12-8(3)11-9(13)5-7(2)6-10(11)15-12/h7-8,12H,4-6H2,1-3H3/t7-,8-,12+/m0/s1. The molecule has 0 spiro atoms. The first-order valence-electron chi connectivity index (χ1n) is 5.68. The van der Waals surface area contributed by atoms with Crippen LogP contribution in [-0.2, 0) is 14.3 Å². The van der Waals surface area contributed by atoms with E-state index in [1.807, 2.05) is 13.8 Å². The lowest BCUT2D eigenvalue weighted by Gasteiger charge is -2.18. The van der Waals surface area contributed by atoms with E-state index in [-0.39, 0.29) is 18.0 Å². The van der Waals surface area contributed by atoms with Gasteiger partial charge in [-0.15, -0.1) is 0 Å². The van der Waals surface area contributed by atoms with Gasteiger partial charge in [-0.3, -0.25) is 4.79 Å². The van der Waals surface area contributed by atoms with Crippen molar-refractivity contribution in [2.24, 2.45) is 11.8 Å². The summed E-state index contributed by atoms with van der Waals surface area (Å²) in [5.74, 6) is 1.63. The molecule has 0 N–H and O–H groups in total. The van der Waals surface area contributed by atoms with Gasteiger partial charge in [0.15, 0.2) is 5.78 Å². The molecule has 3 heteroatoms. The highest BCUT2D eigenvalue weighted by atomic mass is 16.7. The topological polar surface area (TPSA) is 35.5 Å². The number of carbonyl (C=O) groups is 1. The fraction of sp³-hybridized carbons (Fsp3) is 0.750. The molecule has 0 aromatic heterocycles. The zero-order valence-corrected chi connectivity index (χ0v) is 9.58. The Kier molecular flexibility index (Phi) is 2.83. The number of rotatable bonds is 2. The molecule has 1 heterocycles. The summed E-state index contributed by atoms with van der Waals surface area (Å²) in [5.41, 5.74) is 0.881. The van der Waals surface area contributed by atoms with E-state index in [2.05, 4.69) is 6.92 Å². The Labute approximate surface area is 90.4 Å². The average Bonchev–Trinajstić information content (AvgIpc) is 2.43. The highest BCUT2D eigenvalue weighted by molar-refractivity contribution is 5.97. The van der Waals surface area contributed by atoms with E-state index in [1.54, 1.807) is 0 Å². The molecule has 0 amide bonds. The van der Waals surface area contributed by atoms with E-state index >= 15 is 0 Å². The Morgan fingerprint density at radius 1 is 1.40 bits per heavy atom. The molecular weight excluding hydrogens is 192 g/mol. The van der Waals surface area contributed by atoms with Gasteiger partial charge in [-0.2, -0.15) is 0 Å². The summed E-state index contributed by atoms with van der Waals surface area (Å²) >= 11 is 0. The quantitative estimate of drug-likeness (QED) is 0.701. The molecule has 3 nitrogen and oxygen atoms in total. The molecule has 3 atom stereocenters. The second-order valence-corrected chi connectivity index (χ2v) is 4.50. The Morgan fingerprint density at radius 2 is 2.13 bits per heavy atom. The van der Waals surface area contributed by atoms with Crippen molar-refractivity contribution < 1.29 is 14.3 Å². The van der Waals surface area contributed by atoms with Crippen LogP contribution < -0.4 is 0 Å². The third kappa shape index (κ3) is 1.81. The Morgan fingerprint density at radius 3 is 2.80 bits per heavy atom. The van der Waals surface area contributed by atoms with Gasteiger partial charge in [0.2, 0.25) is 6.29 Å². The van der Waals surface area contributed by atoms with Crippen molar-refractivity contribution >= 4 is 5.78 Å². The lowest BCUT2D eigenvalue weighted by atomic mass is 9.84. The summed E-state index contributed by atoms with van der Waals surface area (Å²) in [5, 5.41) is 0. The molecule has 2 aliphatic rings. The molecule has 0 aromatic rings. The van der Waals surface area contributed by atoms with Gasteiger partial charge in [-0.05, 0) is 12.8 Å². The van der Waals surface area contributed by atoms with Crippen molar-refractivity contribution in [3.8, 4) is 0 Å². The second kappa shape index (κ2) is 3.97. The van der Waals surface area contributed by atoms with Crippen LogP contribution in [0.2, 0.25) is 0 Å². The Balaban J connectivity index is 2.18. The molecule has 84 valence electrons. The second-order valence-electron chi connectivity index (χ2n) is 4.50. The van der Waals surface area contributed by atoms with Crippen molar-refractivity contribution in [1.82, 2.24) is 0 Å². The summed E-state index contributed by atoms with van der Waals surface area (Å²) in [6, 6.07) is 0. The monoisotopic (exact) mass is 210 g/mol. The van der Waals surface area contributed by atoms with Gasteiger partial charge in [0.1, 0.15) is 5.76 Å². The molecular formula is C12H18O3. The molecule has 1 aliphatic heterocycles. The first-order valence-corrected chi connectivity index (χ1v) is 5.68. The molecule has 0 saturated heterocycles. The highest BCUT2D eigenvalue weighted by Gasteiger charge is 2.40. The normalized spacial score (nSPS) is 35.4. The zero-order chi connectivity index (χ0) is 11.0. The van der Waals surface area contributed by atoms with Crippen molar-refractivity contribution in [2.45, 2.75) is 39.9 Å². The van der Waals surface area contributed by atoms with Gasteiger partial charge in [-0.25, -0.2) is 0 Å². The molecule has 0 saturated carbocycles. The number of allylic oxidation sites excluding steroid dienone is 1. The van der Waals surface area contributed by atoms with Crippen LogP contribution in [0.1, 0.15) is 33.6 Å². The summed E-state index contributed by atoms with van der Waals surface area (Å²) < 4.78 is 11.2. The zero-order valence-electron chi connectivity index (χ0n) is 9.58. The van der Waals surface area contributed by atoms with Gasteiger partial charge >= 0.3 is 0 Å². The van der Waals surface area contributed by atoms with Crippen molar-refractivity contribution in [2.75, 3.05) is 6.61 Å². The summed E-state index contributed by atoms with van der Waals surface area (Å²) in [4.78, 5) is 11.9. The van der Waals surface area contributed by atoms with Crippen LogP contribution in [0, 0.1) is 11.8 Å². The average molecular weight is 210 g/mol. The van der Waals surface area contributed by atoms with Gasteiger partial charge in [0.05, 0.1) is 5.92 Å². The number of ketones is 1. The minimum atomic E-state index is -0.241. The van der Waals surface area contributed by atoms with Gasteiger partial charge in [0, 0.05) is 25.0 Å². The number of Topliss-reactive ketones (excluding diaryl/α,β-unsaturated/α-hetero) is 1. The maximum atomic E-state index is 11.9. The maximum Gasteiger partial charge on any atom is 0.206 e. The number of ether oxygens (including phenoxy) is 2. The minimum absolute atomic E-state index is 0.0972. The first kappa shape index (κ1) is 10.7. The number of hydrogen-bond acceptors (Lipinski definition) is 3. The molecule has 15 heavy (non-hydrogen) atoms. The van der Waals surface area contributed by atoms with Crippen LogP contribution >= 0.6 is 0 Å². The van der Waals surface area contributed by atoms with Gasteiger partial charge in [-0.1, -0.05) is 13.8 Å². The van der Waals surface area contributed by atoms with E-state index in [1.165, 1.54) is 0 Å². The molecule has 0 unspecified atom stereocenters. The molecule has 0 aromatic carbocycles. The van der Waals surface area contributed by atoms with Crippen LogP contribution in [0.15, 0.2) is 11.3 Å². The van der Waals surface area contributed by atoms with Gasteiger partial charge in [0.25, 0.3) is 0 Å². The lowest BCUT2D eigenvalue weighted by Crippen LogP contribution is -2.22. The van der Waals surface area contributed by atoms with Crippen molar-refractivity contribution in [3.63, 3.8) is 0 Å². The largest absolute Gasteiger partial charge is 0.468 e. The number of carbonyl (C=O) groups excluding carboxylic acids is 1. The van der Waals surface area contributed by atoms with E-state index in [0.717, 1.165) is 17.8 Å². The third-order valence-electron chi connectivity index (χ3n) is 3.12. The van der Waals surface area contributed by atoms with Gasteiger partial charge < -0.3 is 9.47 Å². The van der Waals surface area contributed by atoms with Crippen LogP contribution in [0.5, 0.6) is 0 Å². The van der Waals surface area contributed by atoms with Crippen molar-refractivity contribution in [1.29, 1.82) is 0 Å². The third-order valence-corrected chi connectivity index (χ3v) is 3.12. The first-order chi connectivity index (χ1) is 7.13. The SMILES string of the molecule is CCO[C@@H]1OC2=C(C(=O)C[C@H](C)C2)[C@@H]1C. The highest BCUT2D eigenvalue weighted by Crippen LogP contribution is 2.40. The molecule has 2 rings (SSSR count). The maximum absolute atomic E-state index is 11.9. The Bertz CT molecular complexity index is 306. The minimum Gasteiger partial charge on any atom is -0.468 e. The predicted molar refractivity (Wildman–Crippen MR) is 56.1 cm³/mol. The lowest BCUT2D eigenvalue weighted by molar-refractivity contribution is -0.121. The smallest absolute Gasteiger partial charge is 0.206 e. The van der Waals surface area contributed by atoms with E-state index in [9.17, 15) is 4.79 Å². The van der Waals surface area contributed by atoms with E-state index in [4.69, 9.17) is 9.47 Å². The fourth-order valence-electron chi connectivity index (χ4n) is 2.42. The van der Waals surface area contributed by atoms with Crippen LogP contribution in [-0.4, -0.2) is 18.7 Å². The molecule has 1 aliphatic carbocycles. The fourth-order valence-corrected chi connectivity index (χ4v) is 2.42. The van der Waals surface area contributed by atoms with Crippen LogP contribution in [0.4, 0.5) is 0 Å². The molecule has 0 fully saturated rings. The molecule has 0 bridgehead atoms. The Hall–Kier alpha value is -0.830.